The fourth-order valence-electron chi connectivity index (χ4n) is 3.03. The Morgan fingerprint density at radius 2 is 1.62 bits per heavy atom. The van der Waals surface area contributed by atoms with Gasteiger partial charge >= 0.3 is 0 Å². The zero-order valence-electron chi connectivity index (χ0n) is 17.8. The summed E-state index contributed by atoms with van der Waals surface area (Å²) in [5, 5.41) is 3.00. The van der Waals surface area contributed by atoms with Crippen molar-refractivity contribution >= 4 is 33.2 Å². The molecule has 168 valence electrons. The van der Waals surface area contributed by atoms with Gasteiger partial charge in [-0.05, 0) is 55.0 Å². The van der Waals surface area contributed by atoms with Crippen LogP contribution < -0.4 is 19.5 Å². The number of sulfonamides is 1. The molecule has 0 fully saturated rings. The lowest BCUT2D eigenvalue weighted by Gasteiger charge is -2.17. The number of benzene rings is 3. The summed E-state index contributed by atoms with van der Waals surface area (Å²) in [5.41, 5.74) is 1.30. The maximum atomic E-state index is 12.7. The van der Waals surface area contributed by atoms with Crippen LogP contribution in [-0.4, -0.2) is 28.5 Å². The first-order chi connectivity index (χ1) is 15.2. The lowest BCUT2D eigenvalue weighted by molar-refractivity contribution is 0.0940. The largest absolute Gasteiger partial charge is 0.493 e. The number of hydrogen-bond acceptors (Lipinski definition) is 5. The second-order valence-electron chi connectivity index (χ2n) is 6.92. The summed E-state index contributed by atoms with van der Waals surface area (Å²) in [7, 11) is -0.700. The molecule has 3 aromatic carbocycles. The van der Waals surface area contributed by atoms with Crippen LogP contribution in [0.2, 0.25) is 5.02 Å². The highest BCUT2D eigenvalue weighted by atomic mass is 35.5. The van der Waals surface area contributed by atoms with Crippen molar-refractivity contribution in [2.24, 2.45) is 0 Å². The van der Waals surface area contributed by atoms with Crippen molar-refractivity contribution in [1.82, 2.24) is 5.32 Å². The Bertz CT molecular complexity index is 1220. The maximum Gasteiger partial charge on any atom is 0.261 e. The first kappa shape index (κ1) is 23.4. The lowest BCUT2D eigenvalue weighted by atomic mass is 10.1. The Morgan fingerprint density at radius 1 is 0.938 bits per heavy atom. The Hall–Kier alpha value is -3.23. The van der Waals surface area contributed by atoms with E-state index >= 15 is 0 Å². The molecular formula is C23H23ClN2O5S. The van der Waals surface area contributed by atoms with Crippen molar-refractivity contribution in [1.29, 1.82) is 0 Å². The first-order valence-electron chi connectivity index (χ1n) is 9.65. The van der Waals surface area contributed by atoms with Crippen LogP contribution in [0.15, 0.2) is 71.6 Å². The van der Waals surface area contributed by atoms with Crippen molar-refractivity contribution in [3.63, 3.8) is 0 Å². The summed E-state index contributed by atoms with van der Waals surface area (Å²) in [6.45, 7) is 1.84. The van der Waals surface area contributed by atoms with Crippen molar-refractivity contribution in [2.75, 3.05) is 18.9 Å². The number of anilines is 1. The van der Waals surface area contributed by atoms with Gasteiger partial charge in [0.05, 0.1) is 35.9 Å². The third-order valence-electron chi connectivity index (χ3n) is 4.78. The SMILES string of the molecule is COc1ccc([C@@H](C)NC(=O)c2ccc(NS(=O)(=O)c3ccccc3)c(Cl)c2)cc1OC. The topological polar surface area (TPSA) is 93.7 Å². The van der Waals surface area contributed by atoms with Crippen molar-refractivity contribution in [2.45, 2.75) is 17.9 Å². The summed E-state index contributed by atoms with van der Waals surface area (Å²) in [4.78, 5) is 12.8. The van der Waals surface area contributed by atoms with Gasteiger partial charge < -0.3 is 14.8 Å². The van der Waals surface area contributed by atoms with Crippen molar-refractivity contribution in [3.05, 3.63) is 82.9 Å². The molecule has 7 nitrogen and oxygen atoms in total. The minimum Gasteiger partial charge on any atom is -0.493 e. The Morgan fingerprint density at radius 3 is 2.25 bits per heavy atom. The second kappa shape index (κ2) is 9.93. The van der Waals surface area contributed by atoms with Crippen molar-refractivity contribution in [3.8, 4) is 11.5 Å². The molecule has 0 aliphatic carbocycles. The van der Waals surface area contributed by atoms with E-state index < -0.39 is 10.0 Å². The highest BCUT2D eigenvalue weighted by Gasteiger charge is 2.18. The summed E-state index contributed by atoms with van der Waals surface area (Å²) < 4.78 is 38.0. The van der Waals surface area contributed by atoms with E-state index in [0.717, 1.165) is 5.56 Å². The molecule has 32 heavy (non-hydrogen) atoms. The predicted molar refractivity (Wildman–Crippen MR) is 124 cm³/mol. The molecule has 9 heteroatoms. The Labute approximate surface area is 192 Å². The number of carbonyl (C=O) groups is 1. The summed E-state index contributed by atoms with van der Waals surface area (Å²) in [6, 6.07) is 17.4. The monoisotopic (exact) mass is 474 g/mol. The Balaban J connectivity index is 1.74. The summed E-state index contributed by atoms with van der Waals surface area (Å²) in [6.07, 6.45) is 0. The van der Waals surface area contributed by atoms with E-state index in [-0.39, 0.29) is 27.6 Å². The van der Waals surface area contributed by atoms with E-state index in [9.17, 15) is 13.2 Å². The van der Waals surface area contributed by atoms with Gasteiger partial charge in [0.1, 0.15) is 0 Å². The van der Waals surface area contributed by atoms with Crippen LogP contribution in [0, 0.1) is 0 Å². The molecule has 0 aliphatic heterocycles. The highest BCUT2D eigenvalue weighted by molar-refractivity contribution is 7.92. The van der Waals surface area contributed by atoms with Crippen LogP contribution in [0.4, 0.5) is 5.69 Å². The number of hydrogen-bond donors (Lipinski definition) is 2. The average molecular weight is 475 g/mol. The number of nitrogens with one attached hydrogen (secondary N) is 2. The molecule has 0 saturated carbocycles. The van der Waals surface area contributed by atoms with Gasteiger partial charge in [0.15, 0.2) is 11.5 Å². The molecule has 0 saturated heterocycles. The number of rotatable bonds is 8. The van der Waals surface area contributed by atoms with Crippen LogP contribution in [0.5, 0.6) is 11.5 Å². The summed E-state index contributed by atoms with van der Waals surface area (Å²) >= 11 is 6.26. The molecule has 0 aliphatic rings. The standard InChI is InChI=1S/C23H23ClN2O5S/c1-15(16-10-12-21(30-2)22(14-16)31-3)25-23(27)17-9-11-20(19(24)13-17)26-32(28,29)18-7-5-4-6-8-18/h4-15,26H,1-3H3,(H,25,27)/t15-/m1/s1. The van der Waals surface area contributed by atoms with Gasteiger partial charge in [-0.2, -0.15) is 0 Å². The van der Waals surface area contributed by atoms with Crippen LogP contribution in [-0.2, 0) is 10.0 Å². The van der Waals surface area contributed by atoms with E-state index in [2.05, 4.69) is 10.0 Å². The molecule has 3 aromatic rings. The minimum absolute atomic E-state index is 0.107. The van der Waals surface area contributed by atoms with Gasteiger partial charge in [0.25, 0.3) is 15.9 Å². The quantitative estimate of drug-likeness (QED) is 0.495. The molecule has 0 aromatic heterocycles. The van der Waals surface area contributed by atoms with E-state index in [0.29, 0.717) is 17.1 Å². The molecule has 0 unspecified atom stereocenters. The maximum absolute atomic E-state index is 12.7. The molecule has 0 heterocycles. The number of amides is 1. The van der Waals surface area contributed by atoms with E-state index in [1.807, 2.05) is 13.0 Å². The molecule has 0 spiro atoms. The van der Waals surface area contributed by atoms with Crippen LogP contribution in [0.3, 0.4) is 0 Å². The van der Waals surface area contributed by atoms with E-state index in [1.54, 1.807) is 44.6 Å². The summed E-state index contributed by atoms with van der Waals surface area (Å²) in [5.74, 6) is 0.797. The third kappa shape index (κ3) is 5.33. The molecule has 1 amide bonds. The number of methoxy groups -OCH3 is 2. The third-order valence-corrected chi connectivity index (χ3v) is 6.48. The molecule has 0 radical (unpaired) electrons. The Kier molecular flexibility index (Phi) is 7.27. The molecule has 2 N–H and O–H groups in total. The molecular weight excluding hydrogens is 452 g/mol. The van der Waals surface area contributed by atoms with Crippen LogP contribution >= 0.6 is 11.6 Å². The van der Waals surface area contributed by atoms with Gasteiger partial charge in [0.2, 0.25) is 0 Å². The lowest BCUT2D eigenvalue weighted by Crippen LogP contribution is -2.26. The fourth-order valence-corrected chi connectivity index (χ4v) is 4.41. The van der Waals surface area contributed by atoms with Crippen LogP contribution in [0.25, 0.3) is 0 Å². The van der Waals surface area contributed by atoms with Gasteiger partial charge in [-0.3, -0.25) is 9.52 Å². The zero-order chi connectivity index (χ0) is 23.3. The molecule has 0 bridgehead atoms. The average Bonchev–Trinajstić information content (AvgIpc) is 2.80. The number of halogens is 1. The number of ether oxygens (including phenoxy) is 2. The normalized spacial score (nSPS) is 12.0. The van der Waals surface area contributed by atoms with Crippen LogP contribution in [0.1, 0.15) is 28.9 Å². The highest BCUT2D eigenvalue weighted by Crippen LogP contribution is 2.30. The van der Waals surface area contributed by atoms with E-state index in [4.69, 9.17) is 21.1 Å². The van der Waals surface area contributed by atoms with Gasteiger partial charge in [-0.25, -0.2) is 8.42 Å². The molecule has 3 rings (SSSR count). The van der Waals surface area contributed by atoms with E-state index in [1.165, 1.54) is 30.3 Å². The van der Waals surface area contributed by atoms with Crippen molar-refractivity contribution < 1.29 is 22.7 Å². The second-order valence-corrected chi connectivity index (χ2v) is 9.01. The minimum atomic E-state index is -3.79. The fraction of sp³-hybridized carbons (Fsp3) is 0.174. The molecule has 1 atom stereocenters. The van der Waals surface area contributed by atoms with Gasteiger partial charge in [-0.1, -0.05) is 35.9 Å². The number of carbonyl (C=O) groups excluding carboxylic acids is 1. The predicted octanol–water partition coefficient (Wildman–Crippen LogP) is 4.65. The smallest absolute Gasteiger partial charge is 0.261 e. The van der Waals surface area contributed by atoms with Gasteiger partial charge in [0, 0.05) is 5.56 Å². The first-order valence-corrected chi connectivity index (χ1v) is 11.5. The van der Waals surface area contributed by atoms with Gasteiger partial charge in [-0.15, -0.1) is 0 Å². The zero-order valence-corrected chi connectivity index (χ0v) is 19.3.